The summed E-state index contributed by atoms with van der Waals surface area (Å²) in [6.45, 7) is 2.93. The summed E-state index contributed by atoms with van der Waals surface area (Å²) >= 11 is 0. The lowest BCUT2D eigenvalue weighted by Gasteiger charge is -2.17. The Kier molecular flexibility index (Phi) is 2.97. The standard InChI is InChI=1S/C15H14FNO3/c1-9-6-12(20-14(9)15(18)19)8-17-5-4-10-2-3-11(16)7-13(10)17/h2-3,6-7H,4-5,8H2,1H3,(H,18,19). The third-order valence-corrected chi connectivity index (χ3v) is 3.55. The number of furan rings is 1. The van der Waals surface area contributed by atoms with Crippen LogP contribution in [0.1, 0.15) is 27.4 Å². The number of rotatable bonds is 3. The van der Waals surface area contributed by atoms with Gasteiger partial charge in [-0.2, -0.15) is 0 Å². The van der Waals surface area contributed by atoms with Gasteiger partial charge in [0, 0.05) is 17.8 Å². The smallest absolute Gasteiger partial charge is 0.372 e. The van der Waals surface area contributed by atoms with Gasteiger partial charge in [0.15, 0.2) is 0 Å². The Morgan fingerprint density at radius 1 is 1.45 bits per heavy atom. The molecule has 1 aliphatic rings. The van der Waals surface area contributed by atoms with E-state index >= 15 is 0 Å². The van der Waals surface area contributed by atoms with Crippen molar-refractivity contribution in [1.82, 2.24) is 0 Å². The maximum absolute atomic E-state index is 13.3. The van der Waals surface area contributed by atoms with Crippen molar-refractivity contribution in [3.63, 3.8) is 0 Å². The van der Waals surface area contributed by atoms with Crippen LogP contribution in [0, 0.1) is 12.7 Å². The van der Waals surface area contributed by atoms with Gasteiger partial charge < -0.3 is 14.4 Å². The SMILES string of the molecule is Cc1cc(CN2CCc3ccc(F)cc32)oc1C(=O)O. The highest BCUT2D eigenvalue weighted by molar-refractivity contribution is 5.86. The van der Waals surface area contributed by atoms with Gasteiger partial charge >= 0.3 is 5.97 Å². The van der Waals surface area contributed by atoms with Crippen molar-refractivity contribution in [2.45, 2.75) is 19.9 Å². The summed E-state index contributed by atoms with van der Waals surface area (Å²) in [5, 5.41) is 8.98. The van der Waals surface area contributed by atoms with Crippen LogP contribution >= 0.6 is 0 Å². The van der Waals surface area contributed by atoms with Gasteiger partial charge in [-0.1, -0.05) is 6.07 Å². The van der Waals surface area contributed by atoms with Crippen LogP contribution in [0.15, 0.2) is 28.7 Å². The molecule has 0 saturated heterocycles. The van der Waals surface area contributed by atoms with E-state index in [9.17, 15) is 9.18 Å². The predicted molar refractivity (Wildman–Crippen MR) is 71.6 cm³/mol. The number of fused-ring (bicyclic) bond motifs is 1. The number of aryl methyl sites for hydroxylation is 1. The number of hydrogen-bond acceptors (Lipinski definition) is 3. The molecular formula is C15H14FNO3. The van der Waals surface area contributed by atoms with Crippen LogP contribution in [0.2, 0.25) is 0 Å². The molecule has 0 radical (unpaired) electrons. The summed E-state index contributed by atoms with van der Waals surface area (Å²) in [5.41, 5.74) is 2.57. The first-order chi connectivity index (χ1) is 9.54. The van der Waals surface area contributed by atoms with Crippen molar-refractivity contribution >= 4 is 11.7 Å². The summed E-state index contributed by atoms with van der Waals surface area (Å²) in [6, 6.07) is 6.49. The number of anilines is 1. The molecule has 1 aromatic heterocycles. The quantitative estimate of drug-likeness (QED) is 0.935. The maximum Gasteiger partial charge on any atom is 0.372 e. The van der Waals surface area contributed by atoms with Gasteiger partial charge in [0.2, 0.25) is 5.76 Å². The van der Waals surface area contributed by atoms with Crippen LogP contribution in [0.5, 0.6) is 0 Å². The molecule has 0 saturated carbocycles. The van der Waals surface area contributed by atoms with Gasteiger partial charge in [0.25, 0.3) is 0 Å². The topological polar surface area (TPSA) is 53.7 Å². The second kappa shape index (κ2) is 4.67. The summed E-state index contributed by atoms with van der Waals surface area (Å²) in [5.74, 6) is -0.783. The first-order valence-electron chi connectivity index (χ1n) is 6.40. The summed E-state index contributed by atoms with van der Waals surface area (Å²) in [6.07, 6.45) is 0.862. The number of hydrogen-bond donors (Lipinski definition) is 1. The van der Waals surface area contributed by atoms with Crippen LogP contribution in [-0.4, -0.2) is 17.6 Å². The van der Waals surface area contributed by atoms with Gasteiger partial charge in [-0.25, -0.2) is 9.18 Å². The molecule has 0 spiro atoms. The van der Waals surface area contributed by atoms with E-state index in [2.05, 4.69) is 0 Å². The zero-order chi connectivity index (χ0) is 14.3. The molecule has 0 bridgehead atoms. The number of carboxylic acid groups (broad SMARTS) is 1. The zero-order valence-corrected chi connectivity index (χ0v) is 11.0. The number of carboxylic acids is 1. The molecule has 0 fully saturated rings. The van der Waals surface area contributed by atoms with Crippen LogP contribution in [0.25, 0.3) is 0 Å². The molecule has 0 amide bonds. The molecule has 104 valence electrons. The molecule has 20 heavy (non-hydrogen) atoms. The fourth-order valence-corrected chi connectivity index (χ4v) is 2.61. The van der Waals surface area contributed by atoms with Gasteiger partial charge in [-0.05, 0) is 37.1 Å². The highest BCUT2D eigenvalue weighted by Gasteiger charge is 2.22. The van der Waals surface area contributed by atoms with Crippen LogP contribution in [0.3, 0.4) is 0 Å². The van der Waals surface area contributed by atoms with E-state index in [0.717, 1.165) is 24.2 Å². The van der Waals surface area contributed by atoms with Crippen molar-refractivity contribution in [3.8, 4) is 0 Å². The van der Waals surface area contributed by atoms with Crippen molar-refractivity contribution in [3.05, 3.63) is 52.7 Å². The van der Waals surface area contributed by atoms with Crippen molar-refractivity contribution in [2.24, 2.45) is 0 Å². The lowest BCUT2D eigenvalue weighted by molar-refractivity contribution is 0.0659. The van der Waals surface area contributed by atoms with E-state index in [1.54, 1.807) is 19.1 Å². The van der Waals surface area contributed by atoms with Crippen molar-refractivity contribution < 1.29 is 18.7 Å². The predicted octanol–water partition coefficient (Wildman–Crippen LogP) is 2.99. The molecule has 2 heterocycles. The molecule has 1 aliphatic heterocycles. The zero-order valence-electron chi connectivity index (χ0n) is 11.0. The van der Waals surface area contributed by atoms with E-state index in [4.69, 9.17) is 9.52 Å². The molecule has 5 heteroatoms. The van der Waals surface area contributed by atoms with E-state index in [0.29, 0.717) is 17.9 Å². The Bertz CT molecular complexity index is 678. The molecule has 3 rings (SSSR count). The first kappa shape index (κ1) is 12.7. The second-order valence-electron chi connectivity index (χ2n) is 4.97. The van der Waals surface area contributed by atoms with Gasteiger partial charge in [0.05, 0.1) is 6.54 Å². The summed E-state index contributed by atoms with van der Waals surface area (Å²) < 4.78 is 18.7. The fraction of sp³-hybridized carbons (Fsp3) is 0.267. The second-order valence-corrected chi connectivity index (χ2v) is 4.97. The van der Waals surface area contributed by atoms with Crippen molar-refractivity contribution in [1.29, 1.82) is 0 Å². The Morgan fingerprint density at radius 3 is 2.95 bits per heavy atom. The van der Waals surface area contributed by atoms with E-state index in [1.165, 1.54) is 12.1 Å². The third-order valence-electron chi connectivity index (χ3n) is 3.55. The van der Waals surface area contributed by atoms with Gasteiger partial charge in [0.1, 0.15) is 11.6 Å². The average molecular weight is 275 g/mol. The highest BCUT2D eigenvalue weighted by Crippen LogP contribution is 2.30. The molecular weight excluding hydrogens is 261 g/mol. The van der Waals surface area contributed by atoms with Gasteiger partial charge in [-0.3, -0.25) is 0 Å². The third kappa shape index (κ3) is 2.15. The van der Waals surface area contributed by atoms with E-state index in [1.807, 2.05) is 4.90 Å². The van der Waals surface area contributed by atoms with Crippen molar-refractivity contribution in [2.75, 3.05) is 11.4 Å². The van der Waals surface area contributed by atoms with E-state index in [-0.39, 0.29) is 11.6 Å². The summed E-state index contributed by atoms with van der Waals surface area (Å²) in [4.78, 5) is 13.0. The molecule has 0 atom stereocenters. The largest absolute Gasteiger partial charge is 0.475 e. The summed E-state index contributed by atoms with van der Waals surface area (Å²) in [7, 11) is 0. The number of halogens is 1. The Balaban J connectivity index is 1.85. The van der Waals surface area contributed by atoms with Crippen LogP contribution < -0.4 is 4.90 Å². The maximum atomic E-state index is 13.3. The lowest BCUT2D eigenvalue weighted by atomic mass is 10.2. The number of carbonyl (C=O) groups is 1. The monoisotopic (exact) mass is 275 g/mol. The fourth-order valence-electron chi connectivity index (χ4n) is 2.61. The van der Waals surface area contributed by atoms with Gasteiger partial charge in [-0.15, -0.1) is 0 Å². The van der Waals surface area contributed by atoms with Crippen LogP contribution in [0.4, 0.5) is 10.1 Å². The molecule has 1 aromatic carbocycles. The molecule has 4 nitrogen and oxygen atoms in total. The minimum Gasteiger partial charge on any atom is -0.475 e. The molecule has 0 unspecified atom stereocenters. The lowest BCUT2D eigenvalue weighted by Crippen LogP contribution is -2.19. The number of benzene rings is 1. The number of aromatic carboxylic acids is 1. The minimum absolute atomic E-state index is 0.0290. The normalized spacial score (nSPS) is 13.6. The van der Waals surface area contributed by atoms with Crippen LogP contribution in [-0.2, 0) is 13.0 Å². The number of nitrogens with zero attached hydrogens (tertiary/aromatic N) is 1. The molecule has 2 aromatic rings. The molecule has 1 N–H and O–H groups in total. The molecule has 0 aliphatic carbocycles. The minimum atomic E-state index is -1.07. The Morgan fingerprint density at radius 2 is 2.25 bits per heavy atom. The average Bonchev–Trinajstić information content (AvgIpc) is 2.94. The highest BCUT2D eigenvalue weighted by atomic mass is 19.1. The van der Waals surface area contributed by atoms with E-state index < -0.39 is 5.97 Å². The first-order valence-corrected chi connectivity index (χ1v) is 6.40. The Hall–Kier alpha value is -2.30. The Labute approximate surface area is 115 Å².